The van der Waals surface area contributed by atoms with Crippen molar-refractivity contribution in [2.75, 3.05) is 4.90 Å². The Hall–Kier alpha value is -3.58. The van der Waals surface area contributed by atoms with Crippen LogP contribution in [0.15, 0.2) is 84.9 Å². The number of rotatable bonds is 5. The quantitative estimate of drug-likeness (QED) is 0.293. The molecule has 4 rings (SSSR count). The van der Waals surface area contributed by atoms with Crippen LogP contribution >= 0.6 is 0 Å². The van der Waals surface area contributed by atoms with Crippen LogP contribution in [0.25, 0.3) is 12.2 Å². The minimum atomic E-state index is 1.15. The van der Waals surface area contributed by atoms with Gasteiger partial charge in [-0.2, -0.15) is 0 Å². The van der Waals surface area contributed by atoms with Crippen LogP contribution in [0.1, 0.15) is 38.9 Å². The van der Waals surface area contributed by atoms with Gasteiger partial charge < -0.3 is 4.90 Å². The van der Waals surface area contributed by atoms with E-state index in [9.17, 15) is 0 Å². The van der Waals surface area contributed by atoms with E-state index in [0.717, 1.165) is 17.1 Å². The third-order valence-corrected chi connectivity index (χ3v) is 5.92. The number of hydrogen-bond donors (Lipinski definition) is 0. The maximum Gasteiger partial charge on any atom is 0.0462 e. The van der Waals surface area contributed by atoms with Gasteiger partial charge >= 0.3 is 0 Å². The van der Waals surface area contributed by atoms with Crippen LogP contribution in [0.5, 0.6) is 0 Å². The molecule has 1 heteroatoms. The number of aryl methyl sites for hydroxylation is 5. The Bertz CT molecular complexity index is 1160. The molecule has 0 aliphatic heterocycles. The number of anilines is 3. The van der Waals surface area contributed by atoms with Crippen molar-refractivity contribution in [2.45, 2.75) is 34.6 Å². The molecule has 1 nitrogen and oxygen atoms in total. The second-order valence-corrected chi connectivity index (χ2v) is 8.74. The van der Waals surface area contributed by atoms with Gasteiger partial charge in [0.25, 0.3) is 0 Å². The molecule has 0 saturated carbocycles. The third-order valence-electron chi connectivity index (χ3n) is 5.92. The molecule has 0 amide bonds. The lowest BCUT2D eigenvalue weighted by Gasteiger charge is -2.26. The maximum absolute atomic E-state index is 2.31. The van der Waals surface area contributed by atoms with Crippen LogP contribution in [-0.2, 0) is 0 Å². The summed E-state index contributed by atoms with van der Waals surface area (Å²) in [5.74, 6) is 0. The van der Waals surface area contributed by atoms with Gasteiger partial charge in [-0.3, -0.25) is 0 Å². The molecule has 0 aliphatic rings. The highest BCUT2D eigenvalue weighted by Gasteiger charge is 2.12. The molecular formula is C31H31N. The van der Waals surface area contributed by atoms with E-state index in [0.29, 0.717) is 0 Å². The Labute approximate surface area is 192 Å². The van der Waals surface area contributed by atoms with Gasteiger partial charge in [-0.25, -0.2) is 0 Å². The van der Waals surface area contributed by atoms with Gasteiger partial charge in [0, 0.05) is 17.1 Å². The van der Waals surface area contributed by atoms with Crippen LogP contribution in [0.3, 0.4) is 0 Å². The summed E-state index contributed by atoms with van der Waals surface area (Å²) >= 11 is 0. The van der Waals surface area contributed by atoms with Crippen LogP contribution in [0.2, 0.25) is 0 Å². The van der Waals surface area contributed by atoms with Crippen molar-refractivity contribution >= 4 is 29.2 Å². The molecule has 0 aliphatic carbocycles. The molecule has 0 atom stereocenters. The summed E-state index contributed by atoms with van der Waals surface area (Å²) in [7, 11) is 0. The van der Waals surface area contributed by atoms with Crippen molar-refractivity contribution in [3.63, 3.8) is 0 Å². The normalized spacial score (nSPS) is 11.2. The Kier molecular flexibility index (Phi) is 6.28. The summed E-state index contributed by atoms with van der Waals surface area (Å²) in [6, 6.07) is 30.7. The van der Waals surface area contributed by atoms with E-state index in [-0.39, 0.29) is 0 Å². The van der Waals surface area contributed by atoms with Gasteiger partial charge in [0.1, 0.15) is 0 Å². The maximum atomic E-state index is 2.31. The largest absolute Gasteiger partial charge is 0.311 e. The minimum Gasteiger partial charge on any atom is -0.311 e. The fourth-order valence-electron chi connectivity index (χ4n) is 4.20. The van der Waals surface area contributed by atoms with E-state index in [1.54, 1.807) is 0 Å². The number of hydrogen-bond acceptors (Lipinski definition) is 1. The lowest BCUT2D eigenvalue weighted by Crippen LogP contribution is -2.09. The van der Waals surface area contributed by atoms with E-state index < -0.39 is 0 Å². The zero-order valence-corrected chi connectivity index (χ0v) is 19.7. The Morgan fingerprint density at radius 3 is 1.31 bits per heavy atom. The third kappa shape index (κ3) is 4.84. The zero-order valence-electron chi connectivity index (χ0n) is 19.7. The van der Waals surface area contributed by atoms with E-state index in [1.165, 1.54) is 38.9 Å². The molecule has 0 aromatic heterocycles. The van der Waals surface area contributed by atoms with Crippen molar-refractivity contribution in [2.24, 2.45) is 0 Å². The molecule has 0 radical (unpaired) electrons. The van der Waals surface area contributed by atoms with Crippen molar-refractivity contribution in [3.05, 3.63) is 124 Å². The van der Waals surface area contributed by atoms with Crippen LogP contribution in [0, 0.1) is 34.6 Å². The highest BCUT2D eigenvalue weighted by atomic mass is 15.1. The second-order valence-electron chi connectivity index (χ2n) is 8.74. The molecule has 0 fully saturated rings. The van der Waals surface area contributed by atoms with Gasteiger partial charge in [-0.05, 0) is 93.3 Å². The van der Waals surface area contributed by atoms with Gasteiger partial charge in [0.15, 0.2) is 0 Å². The molecule has 0 unspecified atom stereocenters. The van der Waals surface area contributed by atoms with E-state index in [1.807, 2.05) is 0 Å². The summed E-state index contributed by atoms with van der Waals surface area (Å²) in [5, 5.41) is 0. The van der Waals surface area contributed by atoms with Crippen molar-refractivity contribution in [1.82, 2.24) is 0 Å². The summed E-state index contributed by atoms with van der Waals surface area (Å²) in [6.07, 6.45) is 4.44. The zero-order chi connectivity index (χ0) is 22.7. The predicted molar refractivity (Wildman–Crippen MR) is 140 cm³/mol. The van der Waals surface area contributed by atoms with E-state index >= 15 is 0 Å². The summed E-state index contributed by atoms with van der Waals surface area (Å²) < 4.78 is 0. The molecule has 0 heterocycles. The smallest absolute Gasteiger partial charge is 0.0462 e. The molecule has 4 aromatic carbocycles. The van der Waals surface area contributed by atoms with Gasteiger partial charge in [-0.1, -0.05) is 77.4 Å². The Morgan fingerprint density at radius 2 is 0.875 bits per heavy atom. The first-order chi connectivity index (χ1) is 15.4. The summed E-state index contributed by atoms with van der Waals surface area (Å²) in [4.78, 5) is 2.31. The summed E-state index contributed by atoms with van der Waals surface area (Å²) in [5.41, 5.74) is 12.5. The highest BCUT2D eigenvalue weighted by molar-refractivity contribution is 5.78. The van der Waals surface area contributed by atoms with Crippen LogP contribution in [0.4, 0.5) is 17.1 Å². The Balaban J connectivity index is 1.66. The van der Waals surface area contributed by atoms with Crippen molar-refractivity contribution in [1.29, 1.82) is 0 Å². The van der Waals surface area contributed by atoms with Crippen molar-refractivity contribution in [3.8, 4) is 0 Å². The predicted octanol–water partition coefficient (Wildman–Crippen LogP) is 8.87. The van der Waals surface area contributed by atoms with Crippen LogP contribution in [-0.4, -0.2) is 0 Å². The van der Waals surface area contributed by atoms with Crippen molar-refractivity contribution < 1.29 is 0 Å². The lowest BCUT2D eigenvalue weighted by atomic mass is 9.99. The SMILES string of the molecule is Cc1ccc(N(c2ccc(C)cc2)c2ccc(/C=C/c3c(C)cc(C)cc3C)cc2)cc1. The monoisotopic (exact) mass is 417 g/mol. The molecule has 0 saturated heterocycles. The van der Waals surface area contributed by atoms with E-state index in [4.69, 9.17) is 0 Å². The first-order valence-corrected chi connectivity index (χ1v) is 11.2. The molecule has 160 valence electrons. The molecule has 0 bridgehead atoms. The molecular weight excluding hydrogens is 386 g/mol. The average molecular weight is 418 g/mol. The fraction of sp³-hybridized carbons (Fsp3) is 0.161. The minimum absolute atomic E-state index is 1.15. The van der Waals surface area contributed by atoms with Crippen LogP contribution < -0.4 is 4.90 Å². The average Bonchev–Trinajstić information content (AvgIpc) is 2.77. The standard InChI is InChI=1S/C31H31N/c1-22-6-13-28(14-7-22)32(29-15-8-23(2)9-16-29)30-17-10-27(11-18-30)12-19-31-25(4)20-24(3)21-26(31)5/h6-21H,1-5H3/b19-12+. The first kappa shape index (κ1) is 21.6. The van der Waals surface area contributed by atoms with E-state index in [2.05, 4.69) is 137 Å². The molecule has 0 N–H and O–H groups in total. The molecule has 32 heavy (non-hydrogen) atoms. The topological polar surface area (TPSA) is 3.24 Å². The summed E-state index contributed by atoms with van der Waals surface area (Å²) in [6.45, 7) is 10.8. The Morgan fingerprint density at radius 1 is 0.469 bits per heavy atom. The lowest BCUT2D eigenvalue weighted by molar-refractivity contribution is 1.27. The molecule has 4 aromatic rings. The highest BCUT2D eigenvalue weighted by Crippen LogP contribution is 2.35. The van der Waals surface area contributed by atoms with Gasteiger partial charge in [0.05, 0.1) is 0 Å². The first-order valence-electron chi connectivity index (χ1n) is 11.2. The number of nitrogens with zero attached hydrogens (tertiary/aromatic N) is 1. The van der Waals surface area contributed by atoms with Gasteiger partial charge in [0.2, 0.25) is 0 Å². The molecule has 0 spiro atoms. The second kappa shape index (κ2) is 9.28. The number of benzene rings is 4. The fourth-order valence-corrected chi connectivity index (χ4v) is 4.20. The van der Waals surface area contributed by atoms with Gasteiger partial charge in [-0.15, -0.1) is 0 Å².